The first kappa shape index (κ1) is 22.4. The number of benzene rings is 3. The number of ether oxygens (including phenoxy) is 1. The van der Waals surface area contributed by atoms with Crippen LogP contribution < -0.4 is 15.4 Å². The summed E-state index contributed by atoms with van der Waals surface area (Å²) in [5.74, 6) is -0.0784. The van der Waals surface area contributed by atoms with Crippen LogP contribution in [0.15, 0.2) is 72.8 Å². The van der Waals surface area contributed by atoms with Gasteiger partial charge in [0.2, 0.25) is 0 Å². The third-order valence-corrected chi connectivity index (χ3v) is 5.31. The molecule has 6 heteroatoms. The molecule has 2 atom stereocenters. The number of rotatable bonds is 7. The molecule has 0 saturated carbocycles. The van der Waals surface area contributed by atoms with E-state index in [0.717, 1.165) is 11.1 Å². The standard InChI is InChI=1S/C25H25ClN2O3/c1-16-15-20(13-14-22(16)26)31-18(3)24(29)28-23-12-8-7-11-21(23)25(30)27-17(2)19-9-5-4-6-10-19/h4-15,17-18H,1-3H3,(H,27,30)(H,28,29). The van der Waals surface area contributed by atoms with Gasteiger partial charge in [0.25, 0.3) is 11.8 Å². The lowest BCUT2D eigenvalue weighted by molar-refractivity contribution is -0.122. The monoisotopic (exact) mass is 436 g/mol. The van der Waals surface area contributed by atoms with Crippen LogP contribution in [0, 0.1) is 6.92 Å². The SMILES string of the molecule is Cc1cc(OC(C)C(=O)Nc2ccccc2C(=O)NC(C)c2ccccc2)ccc1Cl. The Balaban J connectivity index is 1.68. The molecule has 2 unspecified atom stereocenters. The molecule has 0 aliphatic heterocycles. The number of carbonyl (C=O) groups excluding carboxylic acids is 2. The van der Waals surface area contributed by atoms with Crippen molar-refractivity contribution in [1.29, 1.82) is 0 Å². The van der Waals surface area contributed by atoms with E-state index < -0.39 is 6.10 Å². The predicted octanol–water partition coefficient (Wildman–Crippen LogP) is 5.55. The molecule has 0 aliphatic carbocycles. The molecule has 3 aromatic rings. The first-order valence-corrected chi connectivity index (χ1v) is 10.4. The van der Waals surface area contributed by atoms with Crippen LogP contribution in [0.2, 0.25) is 5.02 Å². The summed E-state index contributed by atoms with van der Waals surface area (Å²) in [5, 5.41) is 6.41. The molecule has 0 bridgehead atoms. The Morgan fingerprint density at radius 3 is 2.32 bits per heavy atom. The summed E-state index contributed by atoms with van der Waals surface area (Å²) >= 11 is 6.04. The fraction of sp³-hybridized carbons (Fsp3) is 0.200. The van der Waals surface area contributed by atoms with E-state index >= 15 is 0 Å². The van der Waals surface area contributed by atoms with Gasteiger partial charge < -0.3 is 15.4 Å². The van der Waals surface area contributed by atoms with Gasteiger partial charge in [-0.05, 0) is 62.2 Å². The molecule has 2 N–H and O–H groups in total. The Morgan fingerprint density at radius 2 is 1.61 bits per heavy atom. The van der Waals surface area contributed by atoms with Crippen LogP contribution in [-0.4, -0.2) is 17.9 Å². The van der Waals surface area contributed by atoms with Crippen molar-refractivity contribution >= 4 is 29.1 Å². The summed E-state index contributed by atoms with van der Waals surface area (Å²) in [5.41, 5.74) is 2.67. The highest BCUT2D eigenvalue weighted by molar-refractivity contribution is 6.31. The summed E-state index contributed by atoms with van der Waals surface area (Å²) < 4.78 is 5.74. The predicted molar refractivity (Wildman–Crippen MR) is 124 cm³/mol. The van der Waals surface area contributed by atoms with Crippen molar-refractivity contribution in [2.75, 3.05) is 5.32 Å². The van der Waals surface area contributed by atoms with Gasteiger partial charge in [0.1, 0.15) is 5.75 Å². The van der Waals surface area contributed by atoms with Crippen molar-refractivity contribution in [2.45, 2.75) is 32.9 Å². The average molecular weight is 437 g/mol. The van der Waals surface area contributed by atoms with E-state index in [1.807, 2.05) is 44.2 Å². The molecule has 0 fully saturated rings. The maximum absolute atomic E-state index is 12.9. The third kappa shape index (κ3) is 5.86. The summed E-state index contributed by atoms with van der Waals surface area (Å²) in [7, 11) is 0. The topological polar surface area (TPSA) is 67.4 Å². The minimum Gasteiger partial charge on any atom is -0.481 e. The molecule has 0 radical (unpaired) electrons. The molecule has 5 nitrogen and oxygen atoms in total. The van der Waals surface area contributed by atoms with Gasteiger partial charge in [-0.25, -0.2) is 0 Å². The molecular weight excluding hydrogens is 412 g/mol. The van der Waals surface area contributed by atoms with E-state index in [2.05, 4.69) is 10.6 Å². The number of aryl methyl sites for hydroxylation is 1. The molecule has 0 spiro atoms. The van der Waals surface area contributed by atoms with Crippen LogP contribution in [0.5, 0.6) is 5.75 Å². The Hall–Kier alpha value is -3.31. The van der Waals surface area contributed by atoms with Gasteiger partial charge in [0.15, 0.2) is 6.10 Å². The van der Waals surface area contributed by atoms with E-state index in [4.69, 9.17) is 16.3 Å². The molecule has 160 valence electrons. The largest absolute Gasteiger partial charge is 0.481 e. The number of amides is 2. The van der Waals surface area contributed by atoms with E-state index in [1.165, 1.54) is 0 Å². The molecule has 3 aromatic carbocycles. The van der Waals surface area contributed by atoms with Crippen LogP contribution in [0.4, 0.5) is 5.69 Å². The molecule has 0 heterocycles. The zero-order valence-corrected chi connectivity index (χ0v) is 18.4. The summed E-state index contributed by atoms with van der Waals surface area (Å²) in [4.78, 5) is 25.5. The fourth-order valence-electron chi connectivity index (χ4n) is 3.07. The van der Waals surface area contributed by atoms with Crippen molar-refractivity contribution in [3.63, 3.8) is 0 Å². The van der Waals surface area contributed by atoms with E-state index in [9.17, 15) is 9.59 Å². The van der Waals surface area contributed by atoms with Crippen LogP contribution in [0.3, 0.4) is 0 Å². The van der Waals surface area contributed by atoms with Gasteiger partial charge in [-0.3, -0.25) is 9.59 Å². The zero-order chi connectivity index (χ0) is 22.4. The lowest BCUT2D eigenvalue weighted by Gasteiger charge is -2.18. The molecule has 3 rings (SSSR count). The summed E-state index contributed by atoms with van der Waals surface area (Å²) in [6.45, 7) is 5.43. The van der Waals surface area contributed by atoms with Gasteiger partial charge in [-0.15, -0.1) is 0 Å². The first-order valence-electron chi connectivity index (χ1n) is 10.0. The Kier molecular flexibility index (Phi) is 7.32. The summed E-state index contributed by atoms with van der Waals surface area (Å²) in [6.07, 6.45) is -0.764. The van der Waals surface area contributed by atoms with Gasteiger partial charge in [0.05, 0.1) is 17.3 Å². The van der Waals surface area contributed by atoms with Crippen molar-refractivity contribution < 1.29 is 14.3 Å². The minimum absolute atomic E-state index is 0.173. The number of carbonyl (C=O) groups is 2. The summed E-state index contributed by atoms with van der Waals surface area (Å²) in [6, 6.07) is 21.6. The van der Waals surface area contributed by atoms with Gasteiger partial charge in [0, 0.05) is 5.02 Å². The fourth-order valence-corrected chi connectivity index (χ4v) is 3.19. The second-order valence-electron chi connectivity index (χ2n) is 7.31. The van der Waals surface area contributed by atoms with Crippen LogP contribution in [-0.2, 0) is 4.79 Å². The van der Waals surface area contributed by atoms with Crippen LogP contribution in [0.1, 0.15) is 41.4 Å². The maximum atomic E-state index is 12.9. The molecule has 0 aromatic heterocycles. The van der Waals surface area contributed by atoms with Crippen molar-refractivity contribution in [3.05, 3.63) is 94.5 Å². The highest BCUT2D eigenvalue weighted by atomic mass is 35.5. The minimum atomic E-state index is -0.764. The zero-order valence-electron chi connectivity index (χ0n) is 17.7. The smallest absolute Gasteiger partial charge is 0.265 e. The van der Waals surface area contributed by atoms with Gasteiger partial charge >= 0.3 is 0 Å². The Labute approximate surface area is 187 Å². The number of hydrogen-bond acceptors (Lipinski definition) is 3. The number of anilines is 1. The van der Waals surface area contributed by atoms with E-state index in [1.54, 1.807) is 49.4 Å². The number of hydrogen-bond donors (Lipinski definition) is 2. The average Bonchev–Trinajstić information content (AvgIpc) is 2.77. The van der Waals surface area contributed by atoms with Crippen molar-refractivity contribution in [2.24, 2.45) is 0 Å². The van der Waals surface area contributed by atoms with Gasteiger partial charge in [-0.1, -0.05) is 54.1 Å². The van der Waals surface area contributed by atoms with Crippen LogP contribution in [0.25, 0.3) is 0 Å². The highest BCUT2D eigenvalue weighted by Gasteiger charge is 2.20. The molecular formula is C25H25ClN2O3. The number of para-hydroxylation sites is 1. The van der Waals surface area contributed by atoms with E-state index in [-0.39, 0.29) is 17.9 Å². The Morgan fingerprint density at radius 1 is 0.935 bits per heavy atom. The van der Waals surface area contributed by atoms with E-state index in [0.29, 0.717) is 22.0 Å². The van der Waals surface area contributed by atoms with Gasteiger partial charge in [-0.2, -0.15) is 0 Å². The van der Waals surface area contributed by atoms with Crippen molar-refractivity contribution in [3.8, 4) is 5.75 Å². The molecule has 0 aliphatic rings. The second-order valence-corrected chi connectivity index (χ2v) is 7.72. The third-order valence-electron chi connectivity index (χ3n) is 4.89. The maximum Gasteiger partial charge on any atom is 0.265 e. The quantitative estimate of drug-likeness (QED) is 0.510. The number of nitrogens with one attached hydrogen (secondary N) is 2. The van der Waals surface area contributed by atoms with Crippen LogP contribution >= 0.6 is 11.6 Å². The second kappa shape index (κ2) is 10.1. The molecule has 0 saturated heterocycles. The highest BCUT2D eigenvalue weighted by Crippen LogP contribution is 2.23. The first-order chi connectivity index (χ1) is 14.8. The Bertz CT molecular complexity index is 1070. The normalized spacial score (nSPS) is 12.5. The lowest BCUT2D eigenvalue weighted by Crippen LogP contribution is -2.32. The lowest BCUT2D eigenvalue weighted by atomic mass is 10.1. The van der Waals surface area contributed by atoms with Crippen molar-refractivity contribution in [1.82, 2.24) is 5.32 Å². The number of halogens is 1. The molecule has 2 amide bonds. The molecule has 31 heavy (non-hydrogen) atoms.